The Morgan fingerprint density at radius 3 is 1.97 bits per heavy atom. The molecular formula is C25H42O13. The Morgan fingerprint density at radius 1 is 0.895 bits per heavy atom. The van der Waals surface area contributed by atoms with E-state index in [1.54, 1.807) is 6.92 Å². The van der Waals surface area contributed by atoms with Gasteiger partial charge in [0.25, 0.3) is 0 Å². The Bertz CT molecular complexity index is 815. The number of rotatable bonds is 10. The van der Waals surface area contributed by atoms with Crippen LogP contribution >= 0.6 is 0 Å². The molecule has 2 heterocycles. The number of hydrogen-bond donors (Lipinski definition) is 8. The molecule has 0 spiro atoms. The van der Waals surface area contributed by atoms with E-state index in [2.05, 4.69) is 0 Å². The second-order valence-electron chi connectivity index (χ2n) is 11.1. The first-order valence-corrected chi connectivity index (χ1v) is 12.9. The number of aliphatic hydroxyl groups excluding tert-OH is 8. The van der Waals surface area contributed by atoms with E-state index in [0.29, 0.717) is 24.8 Å². The molecule has 0 aromatic carbocycles. The van der Waals surface area contributed by atoms with Crippen LogP contribution < -0.4 is 0 Å². The van der Waals surface area contributed by atoms with Gasteiger partial charge in [-0.2, -0.15) is 0 Å². The zero-order valence-electron chi connectivity index (χ0n) is 21.9. The Balaban J connectivity index is 1.63. The predicted molar refractivity (Wildman–Crippen MR) is 128 cm³/mol. The van der Waals surface area contributed by atoms with Crippen molar-refractivity contribution in [3.63, 3.8) is 0 Å². The van der Waals surface area contributed by atoms with Gasteiger partial charge in [-0.15, -0.1) is 0 Å². The normalized spacial score (nSPS) is 42.6. The first-order chi connectivity index (χ1) is 17.8. The molecule has 3 aliphatic rings. The molecule has 2 fully saturated rings. The third-order valence-corrected chi connectivity index (χ3v) is 7.71. The van der Waals surface area contributed by atoms with Crippen molar-refractivity contribution < 1.29 is 64.6 Å². The van der Waals surface area contributed by atoms with Gasteiger partial charge in [-0.3, -0.25) is 4.79 Å². The van der Waals surface area contributed by atoms with Crippen molar-refractivity contribution in [2.45, 2.75) is 108 Å². The summed E-state index contributed by atoms with van der Waals surface area (Å²) in [5.74, 6) is -0.254. The summed E-state index contributed by atoms with van der Waals surface area (Å²) in [5.41, 5.74) is 0.186. The zero-order chi connectivity index (χ0) is 28.4. The molecule has 2 saturated heterocycles. The van der Waals surface area contributed by atoms with E-state index >= 15 is 0 Å². The van der Waals surface area contributed by atoms with Gasteiger partial charge in [0.05, 0.1) is 25.9 Å². The van der Waals surface area contributed by atoms with E-state index in [4.69, 9.17) is 18.9 Å². The number of hydrogen-bond acceptors (Lipinski definition) is 13. The summed E-state index contributed by atoms with van der Waals surface area (Å²) in [4.78, 5) is 12.4. The highest BCUT2D eigenvalue weighted by Crippen LogP contribution is 2.43. The molecule has 0 bridgehead atoms. The van der Waals surface area contributed by atoms with Crippen molar-refractivity contribution in [2.75, 3.05) is 19.8 Å². The highest BCUT2D eigenvalue weighted by molar-refractivity contribution is 5.92. The molecule has 3 rings (SSSR count). The summed E-state index contributed by atoms with van der Waals surface area (Å²) in [6, 6.07) is 0. The molecule has 1 aliphatic carbocycles. The van der Waals surface area contributed by atoms with Crippen LogP contribution in [0, 0.1) is 11.3 Å². The first-order valence-electron chi connectivity index (χ1n) is 12.9. The van der Waals surface area contributed by atoms with Crippen LogP contribution in [0.4, 0.5) is 0 Å². The van der Waals surface area contributed by atoms with Crippen LogP contribution in [-0.2, 0) is 23.7 Å². The highest BCUT2D eigenvalue weighted by atomic mass is 16.7. The van der Waals surface area contributed by atoms with Crippen LogP contribution in [0.2, 0.25) is 0 Å². The smallest absolute Gasteiger partial charge is 0.187 e. The third-order valence-electron chi connectivity index (χ3n) is 7.71. The molecule has 0 amide bonds. The summed E-state index contributed by atoms with van der Waals surface area (Å²) in [6.07, 6.45) is -11.7. The monoisotopic (exact) mass is 550 g/mol. The number of carbonyl (C=O) groups is 1. The maximum Gasteiger partial charge on any atom is 0.187 e. The van der Waals surface area contributed by atoms with Gasteiger partial charge < -0.3 is 59.8 Å². The van der Waals surface area contributed by atoms with Crippen LogP contribution in [0.5, 0.6) is 0 Å². The van der Waals surface area contributed by atoms with Crippen LogP contribution in [0.1, 0.15) is 40.0 Å². The molecule has 13 heteroatoms. The molecule has 8 N–H and O–H groups in total. The minimum atomic E-state index is -1.58. The maximum absolute atomic E-state index is 12.4. The molecule has 1 unspecified atom stereocenters. The Hall–Kier alpha value is -1.07. The summed E-state index contributed by atoms with van der Waals surface area (Å²) < 4.78 is 22.3. The van der Waals surface area contributed by atoms with Crippen molar-refractivity contribution in [3.05, 3.63) is 11.6 Å². The second-order valence-corrected chi connectivity index (χ2v) is 11.1. The number of aliphatic hydroxyl groups is 8. The number of ketones is 1. The number of ether oxygens (including phenoxy) is 4. The zero-order valence-corrected chi connectivity index (χ0v) is 21.9. The molecule has 0 radical (unpaired) electrons. The van der Waals surface area contributed by atoms with Gasteiger partial charge >= 0.3 is 0 Å². The fourth-order valence-corrected chi connectivity index (χ4v) is 5.41. The lowest BCUT2D eigenvalue weighted by Crippen LogP contribution is -2.59. The largest absolute Gasteiger partial charge is 0.394 e. The van der Waals surface area contributed by atoms with Gasteiger partial charge in [-0.05, 0) is 42.7 Å². The van der Waals surface area contributed by atoms with Crippen LogP contribution in [0.25, 0.3) is 0 Å². The summed E-state index contributed by atoms with van der Waals surface area (Å²) in [7, 11) is 0. The van der Waals surface area contributed by atoms with Crippen molar-refractivity contribution in [3.8, 4) is 0 Å². The van der Waals surface area contributed by atoms with E-state index in [9.17, 15) is 45.6 Å². The minimum Gasteiger partial charge on any atom is -0.394 e. The second kappa shape index (κ2) is 13.1. The molecule has 0 saturated carbocycles. The molecule has 13 nitrogen and oxygen atoms in total. The van der Waals surface area contributed by atoms with Gasteiger partial charge in [-0.1, -0.05) is 13.8 Å². The molecule has 220 valence electrons. The molecule has 0 aromatic rings. The molecule has 38 heavy (non-hydrogen) atoms. The van der Waals surface area contributed by atoms with Crippen molar-refractivity contribution >= 4 is 5.78 Å². The number of carbonyl (C=O) groups excluding carboxylic acids is 1. The number of allylic oxidation sites excluding steroid dienone is 1. The fourth-order valence-electron chi connectivity index (χ4n) is 5.41. The lowest BCUT2D eigenvalue weighted by Gasteiger charge is -2.42. The van der Waals surface area contributed by atoms with Crippen molar-refractivity contribution in [1.29, 1.82) is 0 Å². The van der Waals surface area contributed by atoms with Gasteiger partial charge in [0.1, 0.15) is 48.8 Å². The summed E-state index contributed by atoms with van der Waals surface area (Å²) in [6.45, 7) is 4.37. The fraction of sp³-hybridized carbons (Fsp3) is 0.880. The lowest BCUT2D eigenvalue weighted by molar-refractivity contribution is -0.310. The molecular weight excluding hydrogens is 508 g/mol. The van der Waals surface area contributed by atoms with Crippen molar-refractivity contribution in [1.82, 2.24) is 0 Å². The SMILES string of the molecule is CC(CC[C@H]1C(CO[C@@H]2O[C@H](CO)[C@@H](O)[C@H](O)[C@H]2O)=CC(=O)CC1(C)C)O[C@@H]1O[C@H](CO)[C@@H](O)[C@H](O)[C@H]1O. The summed E-state index contributed by atoms with van der Waals surface area (Å²) >= 11 is 0. The topological polar surface area (TPSA) is 216 Å². The van der Waals surface area contributed by atoms with E-state index in [1.165, 1.54) is 6.08 Å². The van der Waals surface area contributed by atoms with E-state index < -0.39 is 86.1 Å². The van der Waals surface area contributed by atoms with Gasteiger partial charge in [0.15, 0.2) is 18.4 Å². The van der Waals surface area contributed by atoms with Crippen LogP contribution in [-0.4, -0.2) is 134 Å². The maximum atomic E-state index is 12.4. The third kappa shape index (κ3) is 6.97. The average Bonchev–Trinajstić information content (AvgIpc) is 2.86. The quantitative estimate of drug-likeness (QED) is 0.139. The van der Waals surface area contributed by atoms with Gasteiger partial charge in [0.2, 0.25) is 0 Å². The predicted octanol–water partition coefficient (Wildman–Crippen LogP) is -2.67. The van der Waals surface area contributed by atoms with E-state index in [-0.39, 0.29) is 18.3 Å². The molecule has 2 aliphatic heterocycles. The minimum absolute atomic E-state index is 0.0933. The Labute approximate surface area is 221 Å². The highest BCUT2D eigenvalue weighted by Gasteiger charge is 2.46. The van der Waals surface area contributed by atoms with Crippen LogP contribution in [0.15, 0.2) is 11.6 Å². The summed E-state index contributed by atoms with van der Waals surface area (Å²) in [5, 5.41) is 79.2. The van der Waals surface area contributed by atoms with E-state index in [1.807, 2.05) is 13.8 Å². The molecule has 0 aromatic heterocycles. The van der Waals surface area contributed by atoms with Gasteiger partial charge in [0, 0.05) is 6.42 Å². The Morgan fingerprint density at radius 2 is 1.42 bits per heavy atom. The standard InChI is InChI=1S/C25H42O13/c1-11(36-24-22(34)20(32)18(30)16(9-27)38-24)4-5-14-12(6-13(28)7-25(14,2)3)10-35-23-21(33)19(31)17(29)15(8-26)37-23/h6,11,14-24,26-27,29-34H,4-5,7-10H2,1-3H3/t11?,14-,15+,16+,17+,18+,19-,20-,21+,22+,23+,24+/m0/s1. The lowest BCUT2D eigenvalue weighted by atomic mass is 9.66. The van der Waals surface area contributed by atoms with Gasteiger partial charge in [-0.25, -0.2) is 0 Å². The van der Waals surface area contributed by atoms with Crippen molar-refractivity contribution in [2.24, 2.45) is 11.3 Å². The Kier molecular flexibility index (Phi) is 10.8. The first kappa shape index (κ1) is 31.5. The average molecular weight is 551 g/mol. The van der Waals surface area contributed by atoms with Crippen LogP contribution in [0.3, 0.4) is 0 Å². The molecule has 12 atom stereocenters. The van der Waals surface area contributed by atoms with E-state index in [0.717, 1.165) is 0 Å².